The van der Waals surface area contributed by atoms with Gasteiger partial charge in [-0.2, -0.15) is 0 Å². The van der Waals surface area contributed by atoms with E-state index in [-0.39, 0.29) is 10.6 Å². The highest BCUT2D eigenvalue weighted by Gasteiger charge is 2.25. The molecule has 2 nitrogen and oxygen atoms in total. The number of hydrogen-bond donors (Lipinski definition) is 0. The van der Waals surface area contributed by atoms with E-state index >= 15 is 0 Å². The van der Waals surface area contributed by atoms with Crippen LogP contribution in [-0.4, -0.2) is 18.9 Å². The molecule has 0 aliphatic rings. The van der Waals surface area contributed by atoms with Crippen molar-refractivity contribution >= 4 is 60.7 Å². The lowest BCUT2D eigenvalue weighted by molar-refractivity contribution is 0.595. The molecule has 1 atom stereocenters. The first-order valence-corrected chi connectivity index (χ1v) is 10.1. The highest BCUT2D eigenvalue weighted by molar-refractivity contribution is 9.10. The maximum atomic E-state index is 12.3. The molecule has 0 saturated heterocycles. The first-order valence-electron chi connectivity index (χ1n) is 5.91. The van der Waals surface area contributed by atoms with Crippen molar-refractivity contribution in [2.24, 2.45) is 0 Å². The van der Waals surface area contributed by atoms with Gasteiger partial charge in [0, 0.05) is 20.1 Å². The first kappa shape index (κ1) is 17.2. The fourth-order valence-corrected chi connectivity index (χ4v) is 4.83. The maximum Gasteiger partial charge on any atom is 0.195 e. The molecule has 0 saturated carbocycles. The lowest BCUT2D eigenvalue weighted by Gasteiger charge is -2.11. The van der Waals surface area contributed by atoms with Gasteiger partial charge in [0.2, 0.25) is 0 Å². The SMILES string of the molecule is O=S(=O)(c1ccc(Cl)cc1)C(Cl)CSc1ccc(Br)cc1. The van der Waals surface area contributed by atoms with Gasteiger partial charge in [-0.15, -0.1) is 23.4 Å². The zero-order valence-corrected chi connectivity index (χ0v) is 15.4. The smallest absolute Gasteiger partial charge is 0.195 e. The van der Waals surface area contributed by atoms with Gasteiger partial charge >= 0.3 is 0 Å². The molecule has 0 heterocycles. The van der Waals surface area contributed by atoms with E-state index in [1.807, 2.05) is 24.3 Å². The molecule has 2 rings (SSSR count). The van der Waals surface area contributed by atoms with E-state index in [4.69, 9.17) is 23.2 Å². The lowest BCUT2D eigenvalue weighted by Crippen LogP contribution is -2.17. The Labute approximate surface area is 146 Å². The summed E-state index contributed by atoms with van der Waals surface area (Å²) in [5.74, 6) is 0.272. The van der Waals surface area contributed by atoms with Crippen molar-refractivity contribution in [3.8, 4) is 0 Å². The van der Waals surface area contributed by atoms with Crippen LogP contribution in [0.15, 0.2) is 62.8 Å². The van der Waals surface area contributed by atoms with E-state index < -0.39 is 14.5 Å². The number of thioether (sulfide) groups is 1. The van der Waals surface area contributed by atoms with Crippen molar-refractivity contribution in [3.05, 3.63) is 58.0 Å². The van der Waals surface area contributed by atoms with E-state index in [0.717, 1.165) is 9.37 Å². The Morgan fingerprint density at radius 2 is 1.62 bits per heavy atom. The summed E-state index contributed by atoms with van der Waals surface area (Å²) in [4.78, 5) is 1.15. The summed E-state index contributed by atoms with van der Waals surface area (Å²) >= 11 is 16.6. The van der Waals surface area contributed by atoms with E-state index in [2.05, 4.69) is 15.9 Å². The second-order valence-corrected chi connectivity index (χ2v) is 9.54. The summed E-state index contributed by atoms with van der Waals surface area (Å²) in [7, 11) is -3.56. The molecule has 0 aliphatic carbocycles. The van der Waals surface area contributed by atoms with Crippen LogP contribution in [0.5, 0.6) is 0 Å². The molecule has 0 bridgehead atoms. The van der Waals surface area contributed by atoms with Crippen LogP contribution in [0.25, 0.3) is 0 Å². The Bertz CT molecular complexity index is 701. The van der Waals surface area contributed by atoms with Gasteiger partial charge in [0.25, 0.3) is 0 Å². The minimum absolute atomic E-state index is 0.184. The largest absolute Gasteiger partial charge is 0.222 e. The number of rotatable bonds is 5. The molecule has 7 heteroatoms. The summed E-state index contributed by atoms with van der Waals surface area (Å²) in [5, 5.41) is 0.490. The van der Waals surface area contributed by atoms with Crippen molar-refractivity contribution in [3.63, 3.8) is 0 Å². The van der Waals surface area contributed by atoms with Crippen LogP contribution < -0.4 is 0 Å². The third-order valence-corrected chi connectivity index (χ3v) is 7.58. The molecule has 0 N–H and O–H groups in total. The quantitative estimate of drug-likeness (QED) is 0.485. The third kappa shape index (κ3) is 4.63. The van der Waals surface area contributed by atoms with Crippen LogP contribution >= 0.6 is 50.9 Å². The summed E-state index contributed by atoms with van der Waals surface area (Å²) in [6.07, 6.45) is 0. The highest BCUT2D eigenvalue weighted by atomic mass is 79.9. The van der Waals surface area contributed by atoms with E-state index in [0.29, 0.717) is 5.02 Å². The fraction of sp³-hybridized carbons (Fsp3) is 0.143. The minimum Gasteiger partial charge on any atom is -0.222 e. The highest BCUT2D eigenvalue weighted by Crippen LogP contribution is 2.27. The monoisotopic (exact) mass is 424 g/mol. The molecular weight excluding hydrogens is 415 g/mol. The maximum absolute atomic E-state index is 12.3. The zero-order valence-electron chi connectivity index (χ0n) is 10.7. The molecule has 21 heavy (non-hydrogen) atoms. The molecule has 0 amide bonds. The van der Waals surface area contributed by atoms with Gasteiger partial charge in [-0.25, -0.2) is 8.42 Å². The molecule has 1 unspecified atom stereocenters. The van der Waals surface area contributed by atoms with Crippen molar-refractivity contribution in [2.45, 2.75) is 14.5 Å². The predicted molar refractivity (Wildman–Crippen MR) is 93.1 cm³/mol. The Balaban J connectivity index is 2.06. The van der Waals surface area contributed by atoms with Crippen molar-refractivity contribution in [1.82, 2.24) is 0 Å². The molecule has 0 aliphatic heterocycles. The average molecular weight is 426 g/mol. The van der Waals surface area contributed by atoms with Gasteiger partial charge in [-0.3, -0.25) is 0 Å². The zero-order chi connectivity index (χ0) is 15.5. The van der Waals surface area contributed by atoms with Gasteiger partial charge in [-0.05, 0) is 48.5 Å². The fourth-order valence-electron chi connectivity index (χ4n) is 1.55. The van der Waals surface area contributed by atoms with Gasteiger partial charge in [0.1, 0.15) is 4.71 Å². The molecule has 0 fully saturated rings. The summed E-state index contributed by atoms with van der Waals surface area (Å²) < 4.78 is 24.6. The van der Waals surface area contributed by atoms with Crippen LogP contribution in [0.3, 0.4) is 0 Å². The normalized spacial score (nSPS) is 13.1. The number of benzene rings is 2. The number of alkyl halides is 1. The van der Waals surface area contributed by atoms with Gasteiger partial charge in [-0.1, -0.05) is 27.5 Å². The summed E-state index contributed by atoms with van der Waals surface area (Å²) in [5.41, 5.74) is 0. The van der Waals surface area contributed by atoms with Crippen LogP contribution in [-0.2, 0) is 9.84 Å². The van der Waals surface area contributed by atoms with E-state index in [9.17, 15) is 8.42 Å². The van der Waals surface area contributed by atoms with Gasteiger partial charge < -0.3 is 0 Å². The number of hydrogen-bond acceptors (Lipinski definition) is 3. The predicted octanol–water partition coefficient (Wildman–Crippen LogP) is 5.23. The minimum atomic E-state index is -3.56. The average Bonchev–Trinajstić information content (AvgIpc) is 2.46. The summed E-state index contributed by atoms with van der Waals surface area (Å²) in [6.45, 7) is 0. The molecule has 0 radical (unpaired) electrons. The van der Waals surface area contributed by atoms with Crippen molar-refractivity contribution < 1.29 is 8.42 Å². The Morgan fingerprint density at radius 1 is 1.05 bits per heavy atom. The van der Waals surface area contributed by atoms with Gasteiger partial charge in [0.05, 0.1) is 4.90 Å². The Kier molecular flexibility index (Phi) is 6.03. The van der Waals surface area contributed by atoms with Crippen LogP contribution in [0.4, 0.5) is 0 Å². The molecule has 2 aromatic rings. The van der Waals surface area contributed by atoms with E-state index in [1.165, 1.54) is 23.9 Å². The van der Waals surface area contributed by atoms with Crippen LogP contribution in [0, 0.1) is 0 Å². The molecule has 112 valence electrons. The van der Waals surface area contributed by atoms with Crippen molar-refractivity contribution in [2.75, 3.05) is 5.75 Å². The standard InChI is InChI=1S/C14H11BrCl2O2S2/c15-10-1-5-12(6-2-10)20-9-14(17)21(18,19)13-7-3-11(16)4-8-13/h1-8,14H,9H2. The topological polar surface area (TPSA) is 34.1 Å². The molecule has 2 aromatic carbocycles. The second kappa shape index (κ2) is 7.38. The third-order valence-electron chi connectivity index (χ3n) is 2.67. The second-order valence-electron chi connectivity index (χ2n) is 4.17. The number of halogens is 3. The Morgan fingerprint density at radius 3 is 2.19 bits per heavy atom. The van der Waals surface area contributed by atoms with E-state index in [1.54, 1.807) is 12.1 Å². The van der Waals surface area contributed by atoms with Crippen LogP contribution in [0.1, 0.15) is 0 Å². The first-order chi connectivity index (χ1) is 9.89. The van der Waals surface area contributed by atoms with Crippen molar-refractivity contribution in [1.29, 1.82) is 0 Å². The Hall–Kier alpha value is -0.200. The number of sulfone groups is 1. The molecule has 0 spiro atoms. The lowest BCUT2D eigenvalue weighted by atomic mass is 10.4. The molecule has 0 aromatic heterocycles. The summed E-state index contributed by atoms with van der Waals surface area (Å²) in [6, 6.07) is 13.6. The molecular formula is C14H11BrCl2O2S2. The van der Waals surface area contributed by atoms with Gasteiger partial charge in [0.15, 0.2) is 9.84 Å². The van der Waals surface area contributed by atoms with Crippen LogP contribution in [0.2, 0.25) is 5.02 Å².